The van der Waals surface area contributed by atoms with Crippen LogP contribution in [-0.4, -0.2) is 24.5 Å². The third-order valence-electron chi connectivity index (χ3n) is 4.89. The molecular formula is C23H25NO3. The van der Waals surface area contributed by atoms with E-state index < -0.39 is 12.1 Å². The second kappa shape index (κ2) is 8.21. The number of carbonyl (C=O) groups is 2. The van der Waals surface area contributed by atoms with E-state index in [1.807, 2.05) is 38.1 Å². The van der Waals surface area contributed by atoms with Gasteiger partial charge in [0.2, 0.25) is 0 Å². The molecule has 0 aliphatic heterocycles. The molecule has 3 rings (SSSR count). The summed E-state index contributed by atoms with van der Waals surface area (Å²) in [6.45, 7) is 7.75. The van der Waals surface area contributed by atoms with Crippen molar-refractivity contribution in [2.75, 3.05) is 6.61 Å². The summed E-state index contributed by atoms with van der Waals surface area (Å²) < 4.78 is 5.51. The maximum atomic E-state index is 12.3. The van der Waals surface area contributed by atoms with Gasteiger partial charge in [0.15, 0.2) is 5.78 Å². The van der Waals surface area contributed by atoms with E-state index in [1.54, 1.807) is 0 Å². The number of amides is 1. The molecule has 0 fully saturated rings. The van der Waals surface area contributed by atoms with Gasteiger partial charge in [0.1, 0.15) is 6.61 Å². The molecule has 0 radical (unpaired) electrons. The van der Waals surface area contributed by atoms with Gasteiger partial charge in [-0.25, -0.2) is 4.79 Å². The van der Waals surface area contributed by atoms with Crippen LogP contribution in [0, 0.1) is 5.92 Å². The van der Waals surface area contributed by atoms with E-state index in [2.05, 4.69) is 36.2 Å². The van der Waals surface area contributed by atoms with E-state index >= 15 is 0 Å². The Hall–Kier alpha value is -2.88. The quantitative estimate of drug-likeness (QED) is 0.726. The molecule has 4 heteroatoms. The van der Waals surface area contributed by atoms with Gasteiger partial charge in [-0.1, -0.05) is 69.0 Å². The van der Waals surface area contributed by atoms with Gasteiger partial charge in [0.25, 0.3) is 0 Å². The zero-order valence-electron chi connectivity index (χ0n) is 15.8. The molecule has 1 aliphatic rings. The summed E-state index contributed by atoms with van der Waals surface area (Å²) in [5.74, 6) is 0.0757. The van der Waals surface area contributed by atoms with E-state index in [-0.39, 0.29) is 24.2 Å². The molecule has 1 aliphatic carbocycles. The molecule has 4 nitrogen and oxygen atoms in total. The Morgan fingerprint density at radius 1 is 1.07 bits per heavy atom. The lowest BCUT2D eigenvalue weighted by Crippen LogP contribution is -2.41. The van der Waals surface area contributed by atoms with Gasteiger partial charge in [-0.05, 0) is 40.7 Å². The fourth-order valence-corrected chi connectivity index (χ4v) is 3.64. The number of fused-ring (bicyclic) bond motifs is 3. The third-order valence-corrected chi connectivity index (χ3v) is 4.89. The average Bonchev–Trinajstić information content (AvgIpc) is 2.99. The van der Waals surface area contributed by atoms with Gasteiger partial charge in [-0.2, -0.15) is 0 Å². The Kier molecular flexibility index (Phi) is 5.75. The van der Waals surface area contributed by atoms with Crippen LogP contribution in [0.25, 0.3) is 11.1 Å². The first-order valence-corrected chi connectivity index (χ1v) is 9.29. The number of nitrogens with one attached hydrogen (secondary N) is 1. The molecule has 0 saturated carbocycles. The standard InChI is InChI=1S/C23H25NO3/c1-4-22(25)21(13-15(2)3)24-23(26)27-14-20-18-11-7-5-9-16(18)17-10-6-8-12-19(17)20/h4-12,15,20-21H,1,13-14H2,2-3H3,(H,24,26). The first kappa shape index (κ1) is 18.9. The molecule has 1 amide bonds. The molecule has 2 aromatic carbocycles. The predicted octanol–water partition coefficient (Wildman–Crippen LogP) is 4.69. The number of ketones is 1. The summed E-state index contributed by atoms with van der Waals surface area (Å²) in [5, 5.41) is 2.69. The lowest BCUT2D eigenvalue weighted by molar-refractivity contribution is -0.116. The summed E-state index contributed by atoms with van der Waals surface area (Å²) in [6.07, 6.45) is 1.23. The fraction of sp³-hybridized carbons (Fsp3) is 0.304. The molecule has 2 aromatic rings. The van der Waals surface area contributed by atoms with Gasteiger partial charge in [0, 0.05) is 5.92 Å². The molecule has 1 unspecified atom stereocenters. The van der Waals surface area contributed by atoms with Gasteiger partial charge in [-0.15, -0.1) is 0 Å². The van der Waals surface area contributed by atoms with Crippen LogP contribution in [-0.2, 0) is 9.53 Å². The molecule has 1 atom stereocenters. The molecule has 1 N–H and O–H groups in total. The largest absolute Gasteiger partial charge is 0.449 e. The average molecular weight is 363 g/mol. The lowest BCUT2D eigenvalue weighted by atomic mass is 9.98. The Morgan fingerprint density at radius 2 is 1.63 bits per heavy atom. The molecule has 0 aromatic heterocycles. The monoisotopic (exact) mass is 363 g/mol. The van der Waals surface area contributed by atoms with Crippen molar-refractivity contribution in [2.24, 2.45) is 5.92 Å². The van der Waals surface area contributed by atoms with Crippen molar-refractivity contribution < 1.29 is 14.3 Å². The summed E-state index contributed by atoms with van der Waals surface area (Å²) in [4.78, 5) is 24.3. The Balaban J connectivity index is 1.70. The molecule has 140 valence electrons. The Labute approximate surface area is 160 Å². The summed E-state index contributed by atoms with van der Waals surface area (Å²) >= 11 is 0. The van der Waals surface area contributed by atoms with Crippen molar-refractivity contribution in [1.82, 2.24) is 5.32 Å². The molecule has 0 bridgehead atoms. The highest BCUT2D eigenvalue weighted by Gasteiger charge is 2.29. The Morgan fingerprint density at radius 3 is 2.15 bits per heavy atom. The number of carbonyl (C=O) groups excluding carboxylic acids is 2. The van der Waals surface area contributed by atoms with E-state index in [0.717, 1.165) is 11.1 Å². The van der Waals surface area contributed by atoms with Crippen LogP contribution < -0.4 is 5.32 Å². The zero-order chi connectivity index (χ0) is 19.4. The number of benzene rings is 2. The van der Waals surface area contributed by atoms with E-state index in [1.165, 1.54) is 17.2 Å². The van der Waals surface area contributed by atoms with Gasteiger partial charge >= 0.3 is 6.09 Å². The normalized spacial score (nSPS) is 13.6. The predicted molar refractivity (Wildman–Crippen MR) is 107 cm³/mol. The number of rotatable bonds is 7. The minimum atomic E-state index is -0.599. The zero-order valence-corrected chi connectivity index (χ0v) is 15.8. The van der Waals surface area contributed by atoms with Crippen LogP contribution >= 0.6 is 0 Å². The van der Waals surface area contributed by atoms with Crippen molar-refractivity contribution >= 4 is 11.9 Å². The van der Waals surface area contributed by atoms with Crippen LogP contribution in [0.3, 0.4) is 0 Å². The maximum Gasteiger partial charge on any atom is 0.407 e. The molecule has 0 saturated heterocycles. The highest BCUT2D eigenvalue weighted by atomic mass is 16.5. The number of alkyl carbamates (subject to hydrolysis) is 1. The smallest absolute Gasteiger partial charge is 0.407 e. The second-order valence-electron chi connectivity index (χ2n) is 7.26. The van der Waals surface area contributed by atoms with Crippen molar-refractivity contribution in [2.45, 2.75) is 32.2 Å². The van der Waals surface area contributed by atoms with Gasteiger partial charge in [0.05, 0.1) is 6.04 Å². The highest BCUT2D eigenvalue weighted by Crippen LogP contribution is 2.44. The third kappa shape index (κ3) is 4.11. The summed E-state index contributed by atoms with van der Waals surface area (Å²) in [7, 11) is 0. The van der Waals surface area contributed by atoms with Crippen LogP contribution in [0.1, 0.15) is 37.3 Å². The van der Waals surface area contributed by atoms with Crippen LogP contribution in [0.15, 0.2) is 61.2 Å². The number of hydrogen-bond acceptors (Lipinski definition) is 3. The molecular weight excluding hydrogens is 338 g/mol. The first-order chi connectivity index (χ1) is 13.0. The fourth-order valence-electron chi connectivity index (χ4n) is 3.64. The topological polar surface area (TPSA) is 55.4 Å². The molecule has 0 spiro atoms. The van der Waals surface area contributed by atoms with E-state index in [9.17, 15) is 9.59 Å². The van der Waals surface area contributed by atoms with Crippen molar-refractivity contribution in [3.63, 3.8) is 0 Å². The van der Waals surface area contributed by atoms with Crippen LogP contribution in [0.4, 0.5) is 4.79 Å². The summed E-state index contributed by atoms with van der Waals surface area (Å²) in [6, 6.07) is 15.8. The van der Waals surface area contributed by atoms with Crippen LogP contribution in [0.5, 0.6) is 0 Å². The number of hydrogen-bond donors (Lipinski definition) is 1. The van der Waals surface area contributed by atoms with Crippen molar-refractivity contribution in [3.05, 3.63) is 72.3 Å². The highest BCUT2D eigenvalue weighted by molar-refractivity contribution is 5.95. The van der Waals surface area contributed by atoms with E-state index in [0.29, 0.717) is 6.42 Å². The van der Waals surface area contributed by atoms with E-state index in [4.69, 9.17) is 4.74 Å². The SMILES string of the molecule is C=CC(=O)C(CC(C)C)NC(=O)OCC1c2ccccc2-c2ccccc21. The van der Waals surface area contributed by atoms with Crippen molar-refractivity contribution in [3.8, 4) is 11.1 Å². The van der Waals surface area contributed by atoms with Gasteiger partial charge in [-0.3, -0.25) is 4.79 Å². The minimum Gasteiger partial charge on any atom is -0.449 e. The molecule has 27 heavy (non-hydrogen) atoms. The number of ether oxygens (including phenoxy) is 1. The molecule has 0 heterocycles. The first-order valence-electron chi connectivity index (χ1n) is 9.29. The summed E-state index contributed by atoms with van der Waals surface area (Å²) in [5.41, 5.74) is 4.68. The lowest BCUT2D eigenvalue weighted by Gasteiger charge is -2.19. The second-order valence-corrected chi connectivity index (χ2v) is 7.26. The van der Waals surface area contributed by atoms with Gasteiger partial charge < -0.3 is 10.1 Å². The van der Waals surface area contributed by atoms with Crippen LogP contribution in [0.2, 0.25) is 0 Å². The Bertz CT molecular complexity index is 811. The maximum absolute atomic E-state index is 12.3. The van der Waals surface area contributed by atoms with Crippen molar-refractivity contribution in [1.29, 1.82) is 0 Å². The minimum absolute atomic E-state index is 0.00167.